The van der Waals surface area contributed by atoms with Crippen LogP contribution in [0.1, 0.15) is 32.3 Å². The van der Waals surface area contributed by atoms with Crippen molar-refractivity contribution in [3.05, 3.63) is 35.9 Å². The number of carboxylic acid groups (broad SMARTS) is 1. The molecule has 0 bridgehead atoms. The van der Waals surface area contributed by atoms with E-state index in [1.165, 1.54) is 0 Å². The zero-order chi connectivity index (χ0) is 25.8. The minimum absolute atomic E-state index is 0.211. The van der Waals surface area contributed by atoms with Gasteiger partial charge in [-0.25, -0.2) is 4.79 Å². The second kappa shape index (κ2) is 13.9. The van der Waals surface area contributed by atoms with E-state index in [0.717, 1.165) is 5.56 Å². The molecule has 9 N–H and O–H groups in total. The number of carbonyl (C=O) groups excluding carboxylic acids is 4. The number of carboxylic acids is 1. The summed E-state index contributed by atoms with van der Waals surface area (Å²) in [7, 11) is 0. The Morgan fingerprint density at radius 2 is 1.50 bits per heavy atom. The first-order valence-corrected chi connectivity index (χ1v) is 10.8. The van der Waals surface area contributed by atoms with Gasteiger partial charge in [-0.15, -0.1) is 0 Å². The number of aliphatic hydroxyl groups excluding tert-OH is 1. The molecule has 0 aliphatic rings. The molecule has 0 aromatic heterocycles. The van der Waals surface area contributed by atoms with E-state index in [0.29, 0.717) is 0 Å². The number of primary amides is 1. The van der Waals surface area contributed by atoms with Crippen LogP contribution in [0, 0.1) is 5.92 Å². The minimum Gasteiger partial charge on any atom is -0.480 e. The Labute approximate surface area is 197 Å². The van der Waals surface area contributed by atoms with E-state index in [2.05, 4.69) is 16.0 Å². The van der Waals surface area contributed by atoms with Crippen molar-refractivity contribution in [1.29, 1.82) is 0 Å². The molecule has 12 heteroatoms. The number of nitrogens with one attached hydrogen (secondary N) is 3. The molecule has 188 valence electrons. The Balaban J connectivity index is 2.91. The van der Waals surface area contributed by atoms with Crippen molar-refractivity contribution < 1.29 is 34.2 Å². The molecule has 0 radical (unpaired) electrons. The zero-order valence-electron chi connectivity index (χ0n) is 19.2. The van der Waals surface area contributed by atoms with Crippen LogP contribution < -0.4 is 27.4 Å². The number of amides is 4. The van der Waals surface area contributed by atoms with Gasteiger partial charge in [-0.1, -0.05) is 44.2 Å². The smallest absolute Gasteiger partial charge is 0.328 e. The molecule has 0 spiro atoms. The van der Waals surface area contributed by atoms with Gasteiger partial charge < -0.3 is 37.6 Å². The van der Waals surface area contributed by atoms with Gasteiger partial charge in [-0.2, -0.15) is 0 Å². The average molecular weight is 480 g/mol. The Kier molecular flexibility index (Phi) is 11.7. The maximum absolute atomic E-state index is 12.9. The number of aliphatic carboxylic acids is 1. The molecular formula is C22H33N5O7. The summed E-state index contributed by atoms with van der Waals surface area (Å²) >= 11 is 0. The van der Waals surface area contributed by atoms with E-state index >= 15 is 0 Å². The average Bonchev–Trinajstić information content (AvgIpc) is 2.77. The Morgan fingerprint density at radius 3 is 2.00 bits per heavy atom. The number of rotatable bonds is 14. The highest BCUT2D eigenvalue weighted by molar-refractivity contribution is 5.94. The van der Waals surface area contributed by atoms with E-state index in [1.807, 2.05) is 30.3 Å². The summed E-state index contributed by atoms with van der Waals surface area (Å²) < 4.78 is 0. The van der Waals surface area contributed by atoms with Crippen LogP contribution in [0.3, 0.4) is 0 Å². The highest BCUT2D eigenvalue weighted by Gasteiger charge is 2.31. The van der Waals surface area contributed by atoms with Crippen LogP contribution in [-0.2, 0) is 30.4 Å². The van der Waals surface area contributed by atoms with Gasteiger partial charge in [0, 0.05) is 6.42 Å². The summed E-state index contributed by atoms with van der Waals surface area (Å²) in [4.78, 5) is 60.3. The summed E-state index contributed by atoms with van der Waals surface area (Å²) in [6.07, 6.45) is -0.229. The van der Waals surface area contributed by atoms with Gasteiger partial charge >= 0.3 is 5.97 Å². The quantitative estimate of drug-likeness (QED) is 0.158. The van der Waals surface area contributed by atoms with Crippen molar-refractivity contribution in [3.8, 4) is 0 Å². The van der Waals surface area contributed by atoms with Crippen molar-refractivity contribution >= 4 is 29.6 Å². The molecule has 1 aromatic carbocycles. The number of aliphatic hydroxyl groups is 1. The molecule has 34 heavy (non-hydrogen) atoms. The Bertz CT molecular complexity index is 862. The van der Waals surface area contributed by atoms with Crippen molar-refractivity contribution in [1.82, 2.24) is 16.0 Å². The molecule has 4 amide bonds. The van der Waals surface area contributed by atoms with Crippen LogP contribution in [-0.4, -0.2) is 70.6 Å². The third-order valence-electron chi connectivity index (χ3n) is 4.99. The third kappa shape index (κ3) is 9.55. The van der Waals surface area contributed by atoms with Crippen molar-refractivity contribution in [2.75, 3.05) is 6.61 Å². The van der Waals surface area contributed by atoms with Gasteiger partial charge in [0.25, 0.3) is 0 Å². The predicted molar refractivity (Wildman–Crippen MR) is 122 cm³/mol. The van der Waals surface area contributed by atoms with Crippen LogP contribution >= 0.6 is 0 Å². The molecular weight excluding hydrogens is 446 g/mol. The topological polar surface area (TPSA) is 214 Å². The lowest BCUT2D eigenvalue weighted by Gasteiger charge is -2.26. The lowest BCUT2D eigenvalue weighted by atomic mass is 10.0. The highest BCUT2D eigenvalue weighted by atomic mass is 16.4. The molecule has 0 fully saturated rings. The fourth-order valence-electron chi connectivity index (χ4n) is 3.03. The molecule has 12 nitrogen and oxygen atoms in total. The maximum atomic E-state index is 12.9. The van der Waals surface area contributed by atoms with Crippen LogP contribution in [0.15, 0.2) is 30.3 Å². The van der Waals surface area contributed by atoms with Gasteiger partial charge in [-0.3, -0.25) is 19.2 Å². The molecule has 4 unspecified atom stereocenters. The number of hydrogen-bond acceptors (Lipinski definition) is 7. The van der Waals surface area contributed by atoms with Gasteiger partial charge in [0.15, 0.2) is 0 Å². The first-order chi connectivity index (χ1) is 16.0. The number of nitrogens with two attached hydrogens (primary N) is 2. The van der Waals surface area contributed by atoms with Crippen molar-refractivity contribution in [2.45, 2.75) is 57.3 Å². The Morgan fingerprint density at radius 1 is 0.912 bits per heavy atom. The van der Waals surface area contributed by atoms with Crippen molar-refractivity contribution in [2.24, 2.45) is 17.4 Å². The summed E-state index contributed by atoms with van der Waals surface area (Å²) in [5.74, 6) is -4.82. The molecule has 4 atom stereocenters. The molecule has 0 aliphatic heterocycles. The maximum Gasteiger partial charge on any atom is 0.328 e. The largest absolute Gasteiger partial charge is 0.480 e. The van der Waals surface area contributed by atoms with Crippen LogP contribution in [0.25, 0.3) is 0 Å². The zero-order valence-corrected chi connectivity index (χ0v) is 19.2. The van der Waals surface area contributed by atoms with E-state index in [4.69, 9.17) is 21.7 Å². The number of carbonyl (C=O) groups is 5. The lowest BCUT2D eigenvalue weighted by Crippen LogP contribution is -2.58. The summed E-state index contributed by atoms with van der Waals surface area (Å²) in [6, 6.07) is 4.18. The second-order valence-corrected chi connectivity index (χ2v) is 8.17. The normalized spacial score (nSPS) is 14.4. The first-order valence-electron chi connectivity index (χ1n) is 10.8. The molecule has 0 saturated heterocycles. The van der Waals surface area contributed by atoms with Crippen molar-refractivity contribution in [3.63, 3.8) is 0 Å². The van der Waals surface area contributed by atoms with Gasteiger partial charge in [0.2, 0.25) is 23.6 Å². The number of benzene rings is 1. The van der Waals surface area contributed by atoms with E-state index in [9.17, 15) is 24.0 Å². The summed E-state index contributed by atoms with van der Waals surface area (Å²) in [5, 5.41) is 25.3. The van der Waals surface area contributed by atoms with E-state index < -0.39 is 66.3 Å². The van der Waals surface area contributed by atoms with Gasteiger partial charge in [0.1, 0.15) is 18.1 Å². The summed E-state index contributed by atoms with van der Waals surface area (Å²) in [5.41, 5.74) is 12.0. The lowest BCUT2D eigenvalue weighted by molar-refractivity contribution is -0.143. The molecule has 0 saturated carbocycles. The number of hydrogen-bond donors (Lipinski definition) is 7. The van der Waals surface area contributed by atoms with Crippen LogP contribution in [0.2, 0.25) is 0 Å². The molecule has 0 heterocycles. The third-order valence-corrected chi connectivity index (χ3v) is 4.99. The monoisotopic (exact) mass is 479 g/mol. The predicted octanol–water partition coefficient (Wildman–Crippen LogP) is -1.99. The Hall–Kier alpha value is -3.51. The first kappa shape index (κ1) is 28.5. The highest BCUT2D eigenvalue weighted by Crippen LogP contribution is 2.07. The van der Waals surface area contributed by atoms with Gasteiger partial charge in [0.05, 0.1) is 12.6 Å². The minimum atomic E-state index is -1.60. The van der Waals surface area contributed by atoms with E-state index in [-0.39, 0.29) is 19.3 Å². The SMILES string of the molecule is CC(C)C(NC(=O)C(N)Cc1ccccc1)C(=O)NC(CCC(N)=O)C(=O)NC(CO)C(=O)O. The second-order valence-electron chi connectivity index (χ2n) is 8.17. The van der Waals surface area contributed by atoms with Crippen LogP contribution in [0.5, 0.6) is 0 Å². The standard InChI is InChI=1S/C22H33N5O7/c1-12(2)18(27-19(30)14(23)10-13-6-4-3-5-7-13)21(32)25-15(8-9-17(24)29)20(31)26-16(11-28)22(33)34/h3-7,12,14-16,18,28H,8-11,23H2,1-2H3,(H2,24,29)(H,25,32)(H,26,31)(H,27,30)(H,33,34). The van der Waals surface area contributed by atoms with Gasteiger partial charge in [-0.05, 0) is 24.3 Å². The fraction of sp³-hybridized carbons (Fsp3) is 0.500. The van der Waals surface area contributed by atoms with Crippen LogP contribution in [0.4, 0.5) is 0 Å². The molecule has 1 rings (SSSR count). The molecule has 1 aromatic rings. The van der Waals surface area contributed by atoms with E-state index in [1.54, 1.807) is 13.8 Å². The molecule has 0 aliphatic carbocycles. The summed E-state index contributed by atoms with van der Waals surface area (Å²) in [6.45, 7) is 2.48. The fourth-order valence-corrected chi connectivity index (χ4v) is 3.03.